The second-order valence-corrected chi connectivity index (χ2v) is 13.2. The van der Waals surface area contributed by atoms with Crippen LogP contribution in [0.5, 0.6) is 11.5 Å². The van der Waals surface area contributed by atoms with Crippen LogP contribution in [-0.2, 0) is 22.3 Å². The standard InChI is InChI=1S/C34H44N2O5S2/c1-5-7-19-34(20-8-6-2)25-35(27-12-10-9-11-13-27)29-22-31(42-4)30(41-21-18-33(37)38)23-32(29)43(39)36(34)24-26-14-16-28(40-3)17-15-26/h9-17,22-23H,5-8,18-21,24-25H2,1-4H3,(H,37,38). The molecule has 0 saturated heterocycles. The number of nitrogens with zero attached hydrogens (tertiary/aromatic N) is 2. The number of ether oxygens (including phenoxy) is 2. The predicted molar refractivity (Wildman–Crippen MR) is 176 cm³/mol. The van der Waals surface area contributed by atoms with Gasteiger partial charge in [0.05, 0.1) is 41.2 Å². The molecule has 7 nitrogen and oxygen atoms in total. The summed E-state index contributed by atoms with van der Waals surface area (Å²) in [5, 5.41) is 9.20. The zero-order valence-corrected chi connectivity index (χ0v) is 27.3. The molecule has 43 heavy (non-hydrogen) atoms. The van der Waals surface area contributed by atoms with Crippen LogP contribution in [0.15, 0.2) is 76.5 Å². The fourth-order valence-corrected chi connectivity index (χ4v) is 7.86. The summed E-state index contributed by atoms with van der Waals surface area (Å²) >= 11 is 1.54. The van der Waals surface area contributed by atoms with Crippen LogP contribution >= 0.6 is 11.8 Å². The summed E-state index contributed by atoms with van der Waals surface area (Å²) < 4.78 is 28.7. The lowest BCUT2D eigenvalue weighted by molar-refractivity contribution is -0.137. The average Bonchev–Trinajstić information content (AvgIpc) is 3.12. The highest BCUT2D eigenvalue weighted by Gasteiger charge is 2.45. The first-order valence-corrected chi connectivity index (χ1v) is 17.4. The van der Waals surface area contributed by atoms with Crippen molar-refractivity contribution in [2.24, 2.45) is 0 Å². The summed E-state index contributed by atoms with van der Waals surface area (Å²) in [5.41, 5.74) is 2.65. The lowest BCUT2D eigenvalue weighted by Gasteiger charge is -2.44. The van der Waals surface area contributed by atoms with Gasteiger partial charge in [-0.25, -0.2) is 8.51 Å². The smallest absolute Gasteiger partial charge is 0.306 e. The largest absolute Gasteiger partial charge is 0.497 e. The van der Waals surface area contributed by atoms with Gasteiger partial charge >= 0.3 is 5.97 Å². The number of carboxylic acids is 1. The van der Waals surface area contributed by atoms with Gasteiger partial charge in [0.15, 0.2) is 0 Å². The van der Waals surface area contributed by atoms with Crippen LogP contribution in [0.3, 0.4) is 0 Å². The Kier molecular flexibility index (Phi) is 12.0. The number of para-hydroxylation sites is 1. The van der Waals surface area contributed by atoms with E-state index < -0.39 is 17.0 Å². The van der Waals surface area contributed by atoms with E-state index in [4.69, 9.17) is 9.47 Å². The predicted octanol–water partition coefficient (Wildman–Crippen LogP) is 8.07. The van der Waals surface area contributed by atoms with E-state index in [9.17, 15) is 9.90 Å². The van der Waals surface area contributed by atoms with Crippen molar-refractivity contribution < 1.29 is 23.6 Å². The lowest BCUT2D eigenvalue weighted by Crippen LogP contribution is -2.54. The Balaban J connectivity index is 1.92. The second kappa shape index (κ2) is 15.6. The van der Waals surface area contributed by atoms with E-state index in [1.165, 1.54) is 0 Å². The van der Waals surface area contributed by atoms with E-state index in [0.717, 1.165) is 66.1 Å². The van der Waals surface area contributed by atoms with Crippen molar-refractivity contribution in [2.75, 3.05) is 31.4 Å². The number of rotatable bonds is 15. The van der Waals surface area contributed by atoms with Crippen LogP contribution in [0, 0.1) is 0 Å². The van der Waals surface area contributed by atoms with Crippen molar-refractivity contribution in [1.29, 1.82) is 0 Å². The van der Waals surface area contributed by atoms with Gasteiger partial charge in [-0.1, -0.05) is 69.9 Å². The summed E-state index contributed by atoms with van der Waals surface area (Å²) in [7, 11) is 0.131. The van der Waals surface area contributed by atoms with E-state index in [1.54, 1.807) is 18.9 Å². The molecule has 0 bridgehead atoms. The first kappa shape index (κ1) is 32.9. The summed E-state index contributed by atoms with van der Waals surface area (Å²) in [4.78, 5) is 15.1. The zero-order valence-electron chi connectivity index (χ0n) is 25.7. The minimum absolute atomic E-state index is 0.0449. The number of carboxylic acid groups (broad SMARTS) is 1. The maximum absolute atomic E-state index is 15.0. The Hall–Kier alpha value is -3.01. The molecule has 1 aliphatic heterocycles. The zero-order chi connectivity index (χ0) is 30.8. The number of benzene rings is 3. The number of aliphatic carboxylic acids is 1. The number of carbonyl (C=O) groups is 1. The second-order valence-electron chi connectivity index (χ2n) is 10.9. The van der Waals surface area contributed by atoms with Gasteiger partial charge in [-0.05, 0) is 55.0 Å². The number of fused-ring (bicyclic) bond motifs is 1. The molecule has 1 atom stereocenters. The molecule has 1 N–H and O–H groups in total. The van der Waals surface area contributed by atoms with Crippen LogP contribution in [0.1, 0.15) is 64.4 Å². The van der Waals surface area contributed by atoms with E-state index in [2.05, 4.69) is 53.4 Å². The quantitative estimate of drug-likeness (QED) is 0.171. The van der Waals surface area contributed by atoms with Crippen molar-refractivity contribution in [2.45, 2.75) is 80.7 Å². The number of thioether (sulfide) groups is 1. The van der Waals surface area contributed by atoms with E-state index in [1.807, 2.05) is 42.7 Å². The van der Waals surface area contributed by atoms with Crippen molar-refractivity contribution in [3.05, 3.63) is 72.3 Å². The molecule has 1 heterocycles. The maximum atomic E-state index is 15.0. The molecule has 9 heteroatoms. The van der Waals surface area contributed by atoms with Crippen molar-refractivity contribution in [1.82, 2.24) is 4.31 Å². The number of hydrogen-bond acceptors (Lipinski definition) is 6. The van der Waals surface area contributed by atoms with Crippen LogP contribution in [-0.4, -0.2) is 51.6 Å². The van der Waals surface area contributed by atoms with Gasteiger partial charge in [0.1, 0.15) is 22.5 Å². The van der Waals surface area contributed by atoms with E-state index >= 15 is 4.21 Å². The summed E-state index contributed by atoms with van der Waals surface area (Å²) in [6.45, 7) is 5.68. The fraction of sp³-hybridized carbons (Fsp3) is 0.441. The summed E-state index contributed by atoms with van der Waals surface area (Å²) in [5.74, 6) is 0.437. The summed E-state index contributed by atoms with van der Waals surface area (Å²) in [6.07, 6.45) is 7.86. The van der Waals surface area contributed by atoms with Crippen LogP contribution in [0.2, 0.25) is 0 Å². The molecule has 1 unspecified atom stereocenters. The molecular weight excluding hydrogens is 581 g/mol. The van der Waals surface area contributed by atoms with E-state index in [-0.39, 0.29) is 18.6 Å². The Morgan fingerprint density at radius 1 is 1.02 bits per heavy atom. The Morgan fingerprint density at radius 3 is 2.28 bits per heavy atom. The highest BCUT2D eigenvalue weighted by molar-refractivity contribution is 7.98. The minimum Gasteiger partial charge on any atom is -0.497 e. The van der Waals surface area contributed by atoms with Gasteiger partial charge in [-0.3, -0.25) is 4.79 Å². The number of unbranched alkanes of at least 4 members (excludes halogenated alkanes) is 2. The Labute approximate surface area is 263 Å². The molecular formula is C34H44N2O5S2. The fourth-order valence-electron chi connectivity index (χ4n) is 5.66. The summed E-state index contributed by atoms with van der Waals surface area (Å²) in [6, 6.07) is 22.3. The highest BCUT2D eigenvalue weighted by Crippen LogP contribution is 2.47. The van der Waals surface area contributed by atoms with Gasteiger partial charge in [-0.15, -0.1) is 11.8 Å². The molecule has 0 fully saturated rings. The topological polar surface area (TPSA) is 79.3 Å². The first-order chi connectivity index (χ1) is 20.9. The van der Waals surface area contributed by atoms with Gasteiger partial charge in [0.2, 0.25) is 0 Å². The highest BCUT2D eigenvalue weighted by atomic mass is 32.2. The van der Waals surface area contributed by atoms with Crippen LogP contribution < -0.4 is 14.4 Å². The van der Waals surface area contributed by atoms with Crippen LogP contribution in [0.4, 0.5) is 11.4 Å². The molecule has 3 aromatic rings. The molecule has 0 spiro atoms. The lowest BCUT2D eigenvalue weighted by atomic mass is 9.85. The molecule has 3 aromatic carbocycles. The van der Waals surface area contributed by atoms with Gasteiger partial charge in [0.25, 0.3) is 0 Å². The molecule has 0 radical (unpaired) electrons. The van der Waals surface area contributed by atoms with Crippen molar-refractivity contribution >= 4 is 40.1 Å². The molecule has 0 saturated carbocycles. The number of anilines is 2. The maximum Gasteiger partial charge on any atom is 0.306 e. The minimum atomic E-state index is -1.53. The number of methoxy groups -OCH3 is 1. The first-order valence-electron chi connectivity index (χ1n) is 15.1. The molecule has 0 aromatic heterocycles. The molecule has 232 valence electrons. The average molecular weight is 625 g/mol. The van der Waals surface area contributed by atoms with Gasteiger partial charge in [0, 0.05) is 24.8 Å². The Bertz CT molecular complexity index is 1360. The van der Waals surface area contributed by atoms with E-state index in [0.29, 0.717) is 23.7 Å². The van der Waals surface area contributed by atoms with Gasteiger partial charge in [-0.2, -0.15) is 0 Å². The molecule has 0 amide bonds. The SMILES string of the molecule is CCCCC1(CCCC)CN(c2ccccc2)c2cc(SC)c(OCCC(=O)O)cc2S(=O)N1Cc1ccc(OC)cc1. The molecule has 4 rings (SSSR count). The normalized spacial score (nSPS) is 16.4. The third kappa shape index (κ3) is 7.94. The van der Waals surface area contributed by atoms with Gasteiger partial charge < -0.3 is 19.5 Å². The molecule has 0 aliphatic carbocycles. The molecule has 1 aliphatic rings. The monoisotopic (exact) mass is 624 g/mol. The number of hydrogen-bond donors (Lipinski definition) is 1. The van der Waals surface area contributed by atoms with Crippen LogP contribution in [0.25, 0.3) is 0 Å². The third-order valence-electron chi connectivity index (χ3n) is 8.02. The Morgan fingerprint density at radius 2 is 1.70 bits per heavy atom. The third-order valence-corrected chi connectivity index (χ3v) is 10.4. The van der Waals surface area contributed by atoms with Crippen molar-refractivity contribution in [3.8, 4) is 11.5 Å². The van der Waals surface area contributed by atoms with Crippen molar-refractivity contribution in [3.63, 3.8) is 0 Å².